The third kappa shape index (κ3) is 0.947. The number of hydrogen-bond acceptors (Lipinski definition) is 2. The molecule has 0 aromatic heterocycles. The normalized spacial score (nSPS) is 37.1. The molecule has 2 heteroatoms. The summed E-state index contributed by atoms with van der Waals surface area (Å²) in [5.74, 6) is 1.61. The van der Waals surface area contributed by atoms with Crippen molar-refractivity contribution in [3.63, 3.8) is 0 Å². The number of fused-ring (bicyclic) bond motifs is 1. The predicted molar refractivity (Wildman–Crippen MR) is 47.9 cm³/mol. The number of rotatable bonds is 2. The van der Waals surface area contributed by atoms with Gasteiger partial charge >= 0.3 is 0 Å². The Labute approximate surface area is 73.6 Å². The summed E-state index contributed by atoms with van der Waals surface area (Å²) in [6, 6.07) is 0. The average Bonchev–Trinajstić information content (AvgIpc) is 2.05. The van der Waals surface area contributed by atoms with Crippen LogP contribution in [0.3, 0.4) is 0 Å². The Balaban J connectivity index is 2.13. The SMILES string of the molecule is CC1(C)[C@H]2CC=C(CNO)[C@@H]1C2. The summed E-state index contributed by atoms with van der Waals surface area (Å²) < 4.78 is 0. The first-order valence-electron chi connectivity index (χ1n) is 4.72. The molecule has 0 saturated heterocycles. The van der Waals surface area contributed by atoms with Crippen LogP contribution in [0.5, 0.6) is 0 Å². The van der Waals surface area contributed by atoms with Crippen molar-refractivity contribution in [3.8, 4) is 0 Å². The summed E-state index contributed by atoms with van der Waals surface area (Å²) in [6.07, 6.45) is 4.84. The third-order valence-electron chi connectivity index (χ3n) is 3.87. The van der Waals surface area contributed by atoms with Gasteiger partial charge < -0.3 is 5.21 Å². The van der Waals surface area contributed by atoms with Crippen molar-refractivity contribution in [2.45, 2.75) is 26.7 Å². The first kappa shape index (κ1) is 8.27. The van der Waals surface area contributed by atoms with Gasteiger partial charge in [-0.3, -0.25) is 0 Å². The van der Waals surface area contributed by atoms with Crippen LogP contribution in [0.1, 0.15) is 26.7 Å². The molecule has 0 radical (unpaired) electrons. The van der Waals surface area contributed by atoms with Crippen LogP contribution in [0.4, 0.5) is 0 Å². The maximum absolute atomic E-state index is 8.63. The second-order valence-electron chi connectivity index (χ2n) is 4.66. The van der Waals surface area contributed by atoms with Gasteiger partial charge in [0.1, 0.15) is 0 Å². The smallest absolute Gasteiger partial charge is 0.0420 e. The van der Waals surface area contributed by atoms with E-state index in [1.807, 2.05) is 0 Å². The summed E-state index contributed by atoms with van der Waals surface area (Å²) in [4.78, 5) is 0. The van der Waals surface area contributed by atoms with Crippen LogP contribution in [-0.2, 0) is 0 Å². The Morgan fingerprint density at radius 2 is 2.42 bits per heavy atom. The Morgan fingerprint density at radius 1 is 1.67 bits per heavy atom. The summed E-state index contributed by atoms with van der Waals surface area (Å²) in [5, 5.41) is 8.63. The first-order chi connectivity index (χ1) is 5.66. The molecule has 0 unspecified atom stereocenters. The summed E-state index contributed by atoms with van der Waals surface area (Å²) in [6.45, 7) is 5.34. The van der Waals surface area contributed by atoms with Crippen LogP contribution in [0.25, 0.3) is 0 Å². The second-order valence-corrected chi connectivity index (χ2v) is 4.66. The fourth-order valence-corrected chi connectivity index (χ4v) is 2.77. The number of nitrogens with one attached hydrogen (secondary N) is 1. The van der Waals surface area contributed by atoms with Crippen LogP contribution in [0.15, 0.2) is 11.6 Å². The fraction of sp³-hybridized carbons (Fsp3) is 0.800. The van der Waals surface area contributed by atoms with Crippen molar-refractivity contribution in [1.29, 1.82) is 0 Å². The molecule has 2 atom stereocenters. The van der Waals surface area contributed by atoms with E-state index in [9.17, 15) is 0 Å². The Morgan fingerprint density at radius 3 is 2.92 bits per heavy atom. The van der Waals surface area contributed by atoms with Crippen molar-refractivity contribution in [2.24, 2.45) is 17.3 Å². The lowest BCUT2D eigenvalue weighted by Gasteiger charge is -2.56. The lowest BCUT2D eigenvalue weighted by atomic mass is 9.49. The predicted octanol–water partition coefficient (Wildman–Crippen LogP) is 1.96. The number of hydrogen-bond donors (Lipinski definition) is 2. The molecule has 0 heterocycles. The molecule has 68 valence electrons. The minimum absolute atomic E-state index is 0.487. The van der Waals surface area contributed by atoms with E-state index in [1.165, 1.54) is 18.4 Å². The van der Waals surface area contributed by atoms with Gasteiger partial charge in [-0.1, -0.05) is 25.5 Å². The molecule has 2 bridgehead atoms. The largest absolute Gasteiger partial charge is 0.317 e. The quantitative estimate of drug-likeness (QED) is 0.486. The van der Waals surface area contributed by atoms with Crippen LogP contribution < -0.4 is 5.48 Å². The third-order valence-corrected chi connectivity index (χ3v) is 3.87. The molecular formula is C10H17NO. The van der Waals surface area contributed by atoms with Gasteiger partial charge in [-0.05, 0) is 30.1 Å². The Hall–Kier alpha value is -0.340. The standard InChI is InChI=1S/C10H17NO/c1-10(2)8-4-3-7(6-11-12)9(10)5-8/h3,8-9,11-12H,4-6H2,1-2H3/t8-,9-/m0/s1. The van der Waals surface area contributed by atoms with Crippen LogP contribution in [-0.4, -0.2) is 11.8 Å². The molecule has 0 spiro atoms. The molecule has 0 aromatic rings. The highest BCUT2D eigenvalue weighted by Crippen LogP contribution is 2.58. The summed E-state index contributed by atoms with van der Waals surface area (Å²) in [5.41, 5.74) is 4.16. The summed E-state index contributed by atoms with van der Waals surface area (Å²) in [7, 11) is 0. The van der Waals surface area contributed by atoms with Crippen LogP contribution in [0, 0.1) is 17.3 Å². The van der Waals surface area contributed by atoms with Gasteiger partial charge in [0.25, 0.3) is 0 Å². The van der Waals surface area contributed by atoms with Crippen LogP contribution >= 0.6 is 0 Å². The monoisotopic (exact) mass is 167 g/mol. The van der Waals surface area contributed by atoms with Gasteiger partial charge in [-0.25, -0.2) is 5.48 Å². The highest BCUT2D eigenvalue weighted by molar-refractivity contribution is 5.23. The molecule has 2 N–H and O–H groups in total. The highest BCUT2D eigenvalue weighted by Gasteiger charge is 2.50. The molecular weight excluding hydrogens is 150 g/mol. The van der Waals surface area contributed by atoms with Crippen molar-refractivity contribution in [1.82, 2.24) is 5.48 Å². The van der Waals surface area contributed by atoms with Crippen molar-refractivity contribution >= 4 is 0 Å². The maximum Gasteiger partial charge on any atom is 0.0420 e. The zero-order valence-corrected chi connectivity index (χ0v) is 7.80. The van der Waals surface area contributed by atoms with Gasteiger partial charge in [0.2, 0.25) is 0 Å². The topological polar surface area (TPSA) is 32.3 Å². The Kier molecular flexibility index (Phi) is 1.77. The first-order valence-corrected chi connectivity index (χ1v) is 4.72. The minimum atomic E-state index is 0.487. The molecule has 3 rings (SSSR count). The van der Waals surface area contributed by atoms with E-state index in [1.54, 1.807) is 0 Å². The van der Waals surface area contributed by atoms with Gasteiger partial charge in [-0.2, -0.15) is 0 Å². The highest BCUT2D eigenvalue weighted by atomic mass is 16.5. The summed E-state index contributed by atoms with van der Waals surface area (Å²) >= 11 is 0. The van der Waals surface area contributed by atoms with Crippen molar-refractivity contribution < 1.29 is 5.21 Å². The lowest BCUT2D eigenvalue weighted by Crippen LogP contribution is -2.49. The molecule has 3 aliphatic rings. The zero-order chi connectivity index (χ0) is 8.77. The fourth-order valence-electron chi connectivity index (χ4n) is 2.77. The van der Waals surface area contributed by atoms with Gasteiger partial charge in [0, 0.05) is 6.54 Å². The van der Waals surface area contributed by atoms with E-state index in [0.29, 0.717) is 12.0 Å². The van der Waals surface area contributed by atoms with Gasteiger partial charge in [0.15, 0.2) is 0 Å². The lowest BCUT2D eigenvalue weighted by molar-refractivity contribution is -0.0105. The van der Waals surface area contributed by atoms with Crippen molar-refractivity contribution in [3.05, 3.63) is 11.6 Å². The molecule has 2 nitrogen and oxygen atoms in total. The average molecular weight is 167 g/mol. The molecule has 12 heavy (non-hydrogen) atoms. The molecule has 0 aromatic carbocycles. The van der Waals surface area contributed by atoms with Crippen molar-refractivity contribution in [2.75, 3.05) is 6.54 Å². The maximum atomic E-state index is 8.63. The van der Waals surface area contributed by atoms with E-state index >= 15 is 0 Å². The van der Waals surface area contributed by atoms with E-state index < -0.39 is 0 Å². The minimum Gasteiger partial charge on any atom is -0.317 e. The van der Waals surface area contributed by atoms with Gasteiger partial charge in [-0.15, -0.1) is 0 Å². The molecule has 0 amide bonds. The number of hydroxylamine groups is 1. The zero-order valence-electron chi connectivity index (χ0n) is 7.80. The molecule has 0 aliphatic heterocycles. The number of allylic oxidation sites excluding steroid dienone is 1. The van der Waals surface area contributed by atoms with Crippen LogP contribution in [0.2, 0.25) is 0 Å². The van der Waals surface area contributed by atoms with Gasteiger partial charge in [0.05, 0.1) is 0 Å². The second kappa shape index (κ2) is 2.57. The Bertz CT molecular complexity index is 220. The van der Waals surface area contributed by atoms with E-state index in [-0.39, 0.29) is 0 Å². The van der Waals surface area contributed by atoms with E-state index in [0.717, 1.165) is 11.8 Å². The molecule has 1 fully saturated rings. The molecule has 3 aliphatic carbocycles. The van der Waals surface area contributed by atoms with E-state index in [4.69, 9.17) is 5.21 Å². The van der Waals surface area contributed by atoms with E-state index in [2.05, 4.69) is 25.4 Å². The molecule has 1 saturated carbocycles.